The van der Waals surface area contributed by atoms with Crippen molar-refractivity contribution in [2.75, 3.05) is 11.9 Å². The summed E-state index contributed by atoms with van der Waals surface area (Å²) < 4.78 is 0.882. The van der Waals surface area contributed by atoms with Crippen LogP contribution in [0.5, 0.6) is 0 Å². The molecule has 0 bridgehead atoms. The Morgan fingerprint density at radius 1 is 1.32 bits per heavy atom. The van der Waals surface area contributed by atoms with Crippen molar-refractivity contribution in [3.8, 4) is 0 Å². The summed E-state index contributed by atoms with van der Waals surface area (Å²) >= 11 is 7.23. The van der Waals surface area contributed by atoms with E-state index >= 15 is 0 Å². The van der Waals surface area contributed by atoms with E-state index in [0.717, 1.165) is 15.1 Å². The highest BCUT2D eigenvalue weighted by molar-refractivity contribution is 7.22. The van der Waals surface area contributed by atoms with Crippen molar-refractivity contribution >= 4 is 56.0 Å². The van der Waals surface area contributed by atoms with E-state index < -0.39 is 0 Å². The van der Waals surface area contributed by atoms with Gasteiger partial charge in [0.15, 0.2) is 5.13 Å². The van der Waals surface area contributed by atoms with Crippen LogP contribution in [0.1, 0.15) is 19.3 Å². The summed E-state index contributed by atoms with van der Waals surface area (Å²) in [4.78, 5) is 40.2. The van der Waals surface area contributed by atoms with Gasteiger partial charge in [0, 0.05) is 30.8 Å². The van der Waals surface area contributed by atoms with Crippen molar-refractivity contribution in [2.24, 2.45) is 0 Å². The Kier molecular flexibility index (Phi) is 4.08. The number of nitrogens with zero attached hydrogens (tertiary/aromatic N) is 2. The van der Waals surface area contributed by atoms with Crippen molar-refractivity contribution in [1.82, 2.24) is 9.88 Å². The number of anilines is 1. The second-order valence-electron chi connectivity index (χ2n) is 4.87. The van der Waals surface area contributed by atoms with E-state index in [1.165, 1.54) is 11.3 Å². The average Bonchev–Trinajstić information content (AvgIpc) is 3.00. The van der Waals surface area contributed by atoms with Crippen LogP contribution in [-0.4, -0.2) is 34.2 Å². The van der Waals surface area contributed by atoms with Gasteiger partial charge in [-0.05, 0) is 18.2 Å². The third-order valence-electron chi connectivity index (χ3n) is 3.31. The van der Waals surface area contributed by atoms with Gasteiger partial charge in [0.2, 0.25) is 17.7 Å². The van der Waals surface area contributed by atoms with Crippen molar-refractivity contribution in [3.05, 3.63) is 23.2 Å². The molecule has 1 fully saturated rings. The van der Waals surface area contributed by atoms with E-state index in [9.17, 15) is 14.4 Å². The van der Waals surface area contributed by atoms with Crippen molar-refractivity contribution in [2.45, 2.75) is 19.3 Å². The lowest BCUT2D eigenvalue weighted by atomic mass is 10.3. The van der Waals surface area contributed by atoms with Crippen LogP contribution < -0.4 is 5.32 Å². The van der Waals surface area contributed by atoms with Crippen molar-refractivity contribution < 1.29 is 14.4 Å². The van der Waals surface area contributed by atoms with E-state index in [0.29, 0.717) is 10.2 Å². The molecule has 1 aromatic heterocycles. The number of nitrogens with one attached hydrogen (secondary N) is 1. The number of rotatable bonds is 4. The summed E-state index contributed by atoms with van der Waals surface area (Å²) in [6.07, 6.45) is 0.534. The Morgan fingerprint density at radius 2 is 2.05 bits per heavy atom. The highest BCUT2D eigenvalue weighted by Crippen LogP contribution is 2.28. The fourth-order valence-electron chi connectivity index (χ4n) is 2.22. The zero-order valence-electron chi connectivity index (χ0n) is 11.5. The number of fused-ring (bicyclic) bond motifs is 1. The van der Waals surface area contributed by atoms with Gasteiger partial charge in [-0.1, -0.05) is 22.9 Å². The quantitative estimate of drug-likeness (QED) is 0.869. The van der Waals surface area contributed by atoms with E-state index in [4.69, 9.17) is 11.6 Å². The molecule has 1 N–H and O–H groups in total. The SMILES string of the molecule is O=C(CCN1C(=O)CCC1=O)Nc1nc2ccc(Cl)cc2s1. The molecule has 2 aromatic rings. The summed E-state index contributed by atoms with van der Waals surface area (Å²) in [7, 11) is 0. The predicted molar refractivity (Wildman–Crippen MR) is 83.8 cm³/mol. The fourth-order valence-corrected chi connectivity index (χ4v) is 3.38. The van der Waals surface area contributed by atoms with Crippen LogP contribution in [0.2, 0.25) is 5.02 Å². The Morgan fingerprint density at radius 3 is 2.77 bits per heavy atom. The average molecular weight is 338 g/mol. The first-order valence-corrected chi connectivity index (χ1v) is 7.91. The molecule has 0 saturated carbocycles. The van der Waals surface area contributed by atoms with E-state index in [1.54, 1.807) is 18.2 Å². The van der Waals surface area contributed by atoms with Gasteiger partial charge < -0.3 is 5.32 Å². The topological polar surface area (TPSA) is 79.4 Å². The molecule has 8 heteroatoms. The number of thiazole rings is 1. The van der Waals surface area contributed by atoms with Gasteiger partial charge in [-0.2, -0.15) is 0 Å². The maximum absolute atomic E-state index is 11.9. The minimum atomic E-state index is -0.280. The van der Waals surface area contributed by atoms with E-state index in [1.807, 2.05) is 0 Å². The molecule has 1 aliphatic rings. The second-order valence-corrected chi connectivity index (χ2v) is 6.34. The molecule has 1 aliphatic heterocycles. The molecule has 0 radical (unpaired) electrons. The molecule has 3 rings (SSSR count). The summed E-state index contributed by atoms with van der Waals surface area (Å²) in [5, 5.41) is 3.77. The number of likely N-dealkylation sites (tertiary alicyclic amines) is 1. The van der Waals surface area contributed by atoms with Crippen LogP contribution in [0.25, 0.3) is 10.2 Å². The predicted octanol–water partition coefficient (Wildman–Crippen LogP) is 2.43. The number of hydrogen-bond donors (Lipinski definition) is 1. The lowest BCUT2D eigenvalue weighted by Crippen LogP contribution is -2.32. The molecular formula is C14H12ClN3O3S. The van der Waals surface area contributed by atoms with Gasteiger partial charge in [0.05, 0.1) is 10.2 Å². The number of carbonyl (C=O) groups is 3. The first-order chi connectivity index (χ1) is 10.5. The van der Waals surface area contributed by atoms with Gasteiger partial charge in [-0.3, -0.25) is 19.3 Å². The third kappa shape index (κ3) is 3.10. The van der Waals surface area contributed by atoms with Crippen LogP contribution >= 0.6 is 22.9 Å². The number of amides is 3. The Balaban J connectivity index is 1.61. The van der Waals surface area contributed by atoms with Crippen LogP contribution in [0.4, 0.5) is 5.13 Å². The summed E-state index contributed by atoms with van der Waals surface area (Å²) in [5.41, 5.74) is 0.759. The molecule has 1 saturated heterocycles. The number of hydrogen-bond acceptors (Lipinski definition) is 5. The molecule has 3 amide bonds. The third-order valence-corrected chi connectivity index (χ3v) is 4.48. The highest BCUT2D eigenvalue weighted by atomic mass is 35.5. The highest BCUT2D eigenvalue weighted by Gasteiger charge is 2.28. The van der Waals surface area contributed by atoms with Gasteiger partial charge in [0.25, 0.3) is 0 Å². The number of imide groups is 1. The van der Waals surface area contributed by atoms with Crippen molar-refractivity contribution in [1.29, 1.82) is 0 Å². The minimum absolute atomic E-state index is 0.0637. The zero-order valence-corrected chi connectivity index (χ0v) is 13.0. The minimum Gasteiger partial charge on any atom is -0.302 e. The van der Waals surface area contributed by atoms with Crippen molar-refractivity contribution in [3.63, 3.8) is 0 Å². The van der Waals surface area contributed by atoms with E-state index in [2.05, 4.69) is 10.3 Å². The molecular weight excluding hydrogens is 326 g/mol. The number of aromatic nitrogens is 1. The van der Waals surface area contributed by atoms with E-state index in [-0.39, 0.29) is 43.5 Å². The molecule has 114 valence electrons. The summed E-state index contributed by atoms with van der Waals surface area (Å²) in [6, 6.07) is 5.30. The Labute approximate surface area is 135 Å². The maximum atomic E-state index is 11.9. The second kappa shape index (κ2) is 6.02. The van der Waals surface area contributed by atoms with Crippen LogP contribution in [-0.2, 0) is 14.4 Å². The molecule has 0 spiro atoms. The normalized spacial score (nSPS) is 14.9. The largest absolute Gasteiger partial charge is 0.302 e. The van der Waals surface area contributed by atoms with Gasteiger partial charge in [0.1, 0.15) is 0 Å². The molecule has 2 heterocycles. The molecule has 0 unspecified atom stereocenters. The van der Waals surface area contributed by atoms with Gasteiger partial charge in [-0.25, -0.2) is 4.98 Å². The molecule has 6 nitrogen and oxygen atoms in total. The molecule has 1 aromatic carbocycles. The Hall–Kier alpha value is -1.99. The molecule has 0 aliphatic carbocycles. The maximum Gasteiger partial charge on any atom is 0.229 e. The first kappa shape index (κ1) is 14.9. The van der Waals surface area contributed by atoms with Crippen LogP contribution in [0.3, 0.4) is 0 Å². The monoisotopic (exact) mass is 337 g/mol. The first-order valence-electron chi connectivity index (χ1n) is 6.72. The summed E-state index contributed by atoms with van der Waals surface area (Å²) in [6.45, 7) is 0.111. The van der Waals surface area contributed by atoms with Gasteiger partial charge in [-0.15, -0.1) is 0 Å². The molecule has 22 heavy (non-hydrogen) atoms. The standard InChI is InChI=1S/C14H12ClN3O3S/c15-8-1-2-9-10(7-8)22-14(16-9)17-11(19)5-6-18-12(20)3-4-13(18)21/h1-2,7H,3-6H2,(H,16,17,19). The molecule has 0 atom stereocenters. The van der Waals surface area contributed by atoms with Gasteiger partial charge >= 0.3 is 0 Å². The smallest absolute Gasteiger partial charge is 0.229 e. The fraction of sp³-hybridized carbons (Fsp3) is 0.286. The zero-order chi connectivity index (χ0) is 15.7. The lowest BCUT2D eigenvalue weighted by Gasteiger charge is -2.12. The lowest BCUT2D eigenvalue weighted by molar-refractivity contribution is -0.138. The number of halogens is 1. The number of carbonyl (C=O) groups excluding carboxylic acids is 3. The summed E-state index contributed by atoms with van der Waals surface area (Å²) in [5.74, 6) is -0.711. The Bertz CT molecular complexity index is 758. The van der Waals surface area contributed by atoms with Crippen LogP contribution in [0.15, 0.2) is 18.2 Å². The number of benzene rings is 1. The van der Waals surface area contributed by atoms with Crippen LogP contribution in [0, 0.1) is 0 Å².